The fourth-order valence-electron chi connectivity index (χ4n) is 1.05. The Morgan fingerprint density at radius 3 is 2.25 bits per heavy atom. The quantitative estimate of drug-likeness (QED) is 0.703. The van der Waals surface area contributed by atoms with Crippen molar-refractivity contribution in [2.45, 2.75) is 30.1 Å². The van der Waals surface area contributed by atoms with E-state index in [2.05, 4.69) is 0 Å². The van der Waals surface area contributed by atoms with Crippen molar-refractivity contribution in [1.82, 2.24) is 0 Å². The molecule has 72 valence electrons. The first-order valence-corrected chi connectivity index (χ1v) is 6.10. The molecule has 0 aliphatic heterocycles. The second-order valence-corrected chi connectivity index (χ2v) is 6.94. The van der Waals surface area contributed by atoms with E-state index in [1.54, 1.807) is 0 Å². The van der Waals surface area contributed by atoms with Gasteiger partial charge in [-0.2, -0.15) is 0 Å². The fraction of sp³-hybridized carbons (Fsp3) is 1.00. The highest BCUT2D eigenvalue weighted by atomic mass is 35.5. The molecule has 1 fully saturated rings. The molecular weight excluding hydrogens is 200 g/mol. The van der Waals surface area contributed by atoms with Crippen LogP contribution in [0.2, 0.25) is 0 Å². The average molecular weight is 213 g/mol. The smallest absolute Gasteiger partial charge is 0.169 e. The second-order valence-electron chi connectivity index (χ2n) is 3.54. The van der Waals surface area contributed by atoms with Crippen LogP contribution in [0, 0.1) is 5.92 Å². The standard InChI is InChI=1S/C7H13ClO3S/c1-7(8,12(2,10)11)6(9)5-3-4-5/h5-6,9H,3-4H2,1-2H3/t6-,7-/m0/s1. The summed E-state index contributed by atoms with van der Waals surface area (Å²) in [5.41, 5.74) is 0. The molecule has 1 saturated carbocycles. The van der Waals surface area contributed by atoms with Gasteiger partial charge in [0.25, 0.3) is 0 Å². The number of sulfone groups is 1. The molecule has 0 spiro atoms. The lowest BCUT2D eigenvalue weighted by molar-refractivity contribution is 0.137. The highest BCUT2D eigenvalue weighted by Crippen LogP contribution is 2.41. The van der Waals surface area contributed by atoms with Crippen LogP contribution in [-0.2, 0) is 9.84 Å². The Kier molecular flexibility index (Phi) is 2.45. The van der Waals surface area contributed by atoms with Gasteiger partial charge in [-0.25, -0.2) is 8.42 Å². The summed E-state index contributed by atoms with van der Waals surface area (Å²) in [5.74, 6) is 0.0715. The molecule has 0 unspecified atom stereocenters. The zero-order valence-electron chi connectivity index (χ0n) is 7.12. The first kappa shape index (κ1) is 10.3. The van der Waals surface area contributed by atoms with Crippen LogP contribution in [0.25, 0.3) is 0 Å². The van der Waals surface area contributed by atoms with Gasteiger partial charge in [-0.1, -0.05) is 11.6 Å². The van der Waals surface area contributed by atoms with Crippen molar-refractivity contribution in [3.8, 4) is 0 Å². The van der Waals surface area contributed by atoms with Gasteiger partial charge < -0.3 is 5.11 Å². The summed E-state index contributed by atoms with van der Waals surface area (Å²) in [5, 5.41) is 9.54. The van der Waals surface area contributed by atoms with E-state index in [4.69, 9.17) is 11.6 Å². The van der Waals surface area contributed by atoms with Crippen LogP contribution in [-0.4, -0.2) is 30.1 Å². The predicted octanol–water partition coefficient (Wildman–Crippen LogP) is 0.757. The zero-order valence-corrected chi connectivity index (χ0v) is 8.69. The van der Waals surface area contributed by atoms with Crippen LogP contribution in [0.15, 0.2) is 0 Å². The minimum Gasteiger partial charge on any atom is -0.390 e. The first-order valence-electron chi connectivity index (χ1n) is 3.83. The van der Waals surface area contributed by atoms with Crippen molar-refractivity contribution in [2.24, 2.45) is 5.92 Å². The molecule has 0 aromatic rings. The minimum absolute atomic E-state index is 0.0715. The van der Waals surface area contributed by atoms with E-state index in [1.807, 2.05) is 0 Å². The number of aliphatic hydroxyl groups is 1. The summed E-state index contributed by atoms with van der Waals surface area (Å²) in [4.78, 5) is 0. The fourth-order valence-corrected chi connectivity index (χ4v) is 1.86. The van der Waals surface area contributed by atoms with Crippen LogP contribution < -0.4 is 0 Å². The van der Waals surface area contributed by atoms with Gasteiger partial charge in [-0.3, -0.25) is 0 Å². The molecule has 1 rings (SSSR count). The summed E-state index contributed by atoms with van der Waals surface area (Å²) in [6, 6.07) is 0. The molecule has 0 amide bonds. The van der Waals surface area contributed by atoms with Crippen molar-refractivity contribution >= 4 is 21.4 Å². The lowest BCUT2D eigenvalue weighted by atomic mass is 10.2. The third kappa shape index (κ3) is 1.75. The maximum absolute atomic E-state index is 11.1. The Morgan fingerprint density at radius 1 is 1.58 bits per heavy atom. The van der Waals surface area contributed by atoms with Crippen LogP contribution in [0.5, 0.6) is 0 Å². The van der Waals surface area contributed by atoms with Gasteiger partial charge in [0.1, 0.15) is 0 Å². The Labute approximate surface area is 77.6 Å². The third-order valence-electron chi connectivity index (χ3n) is 2.32. The maximum atomic E-state index is 11.1. The van der Waals surface area contributed by atoms with Crippen LogP contribution in [0.1, 0.15) is 19.8 Å². The highest BCUT2D eigenvalue weighted by molar-refractivity contribution is 7.93. The molecule has 2 atom stereocenters. The summed E-state index contributed by atoms with van der Waals surface area (Å²) in [7, 11) is -3.39. The van der Waals surface area contributed by atoms with Gasteiger partial charge in [-0.15, -0.1) is 0 Å². The average Bonchev–Trinajstić information content (AvgIpc) is 2.64. The summed E-state index contributed by atoms with van der Waals surface area (Å²) in [6.45, 7) is 1.35. The summed E-state index contributed by atoms with van der Waals surface area (Å²) < 4.78 is 20.7. The van der Waals surface area contributed by atoms with Crippen LogP contribution in [0.3, 0.4) is 0 Å². The topological polar surface area (TPSA) is 54.4 Å². The lowest BCUT2D eigenvalue weighted by Crippen LogP contribution is -2.42. The number of aliphatic hydroxyl groups excluding tert-OH is 1. The van der Waals surface area contributed by atoms with Gasteiger partial charge in [0.15, 0.2) is 14.0 Å². The van der Waals surface area contributed by atoms with E-state index < -0.39 is 20.1 Å². The molecule has 0 saturated heterocycles. The van der Waals surface area contributed by atoms with Crippen molar-refractivity contribution in [3.63, 3.8) is 0 Å². The molecule has 0 aromatic carbocycles. The van der Waals surface area contributed by atoms with E-state index in [0.717, 1.165) is 19.1 Å². The monoisotopic (exact) mass is 212 g/mol. The van der Waals surface area contributed by atoms with Gasteiger partial charge in [-0.05, 0) is 25.7 Å². The summed E-state index contributed by atoms with van der Waals surface area (Å²) >= 11 is 5.76. The highest BCUT2D eigenvalue weighted by Gasteiger charge is 2.48. The van der Waals surface area contributed by atoms with Crippen LogP contribution in [0.4, 0.5) is 0 Å². The van der Waals surface area contributed by atoms with E-state index in [0.29, 0.717) is 0 Å². The molecule has 1 N–H and O–H groups in total. The first-order chi connectivity index (χ1) is 5.27. The molecule has 5 heteroatoms. The number of hydrogen-bond acceptors (Lipinski definition) is 3. The molecule has 1 aliphatic rings. The summed E-state index contributed by atoms with van der Waals surface area (Å²) in [6.07, 6.45) is 1.86. The van der Waals surface area contributed by atoms with Crippen molar-refractivity contribution in [2.75, 3.05) is 6.26 Å². The van der Waals surface area contributed by atoms with E-state index >= 15 is 0 Å². The van der Waals surface area contributed by atoms with Gasteiger partial charge in [0.2, 0.25) is 0 Å². The van der Waals surface area contributed by atoms with E-state index in [9.17, 15) is 13.5 Å². The Hall–Kier alpha value is 0.200. The Morgan fingerprint density at radius 2 is 2.00 bits per heavy atom. The van der Waals surface area contributed by atoms with Gasteiger partial charge >= 0.3 is 0 Å². The molecule has 0 radical (unpaired) electrons. The molecule has 0 bridgehead atoms. The Bertz CT molecular complexity index is 266. The third-order valence-corrected chi connectivity index (χ3v) is 5.08. The molecule has 12 heavy (non-hydrogen) atoms. The van der Waals surface area contributed by atoms with E-state index in [-0.39, 0.29) is 5.92 Å². The maximum Gasteiger partial charge on any atom is 0.169 e. The molecule has 0 aromatic heterocycles. The predicted molar refractivity (Wildman–Crippen MR) is 47.8 cm³/mol. The molecule has 0 heterocycles. The number of hydrogen-bond donors (Lipinski definition) is 1. The second kappa shape index (κ2) is 2.86. The number of alkyl halides is 1. The van der Waals surface area contributed by atoms with Crippen molar-refractivity contribution < 1.29 is 13.5 Å². The van der Waals surface area contributed by atoms with E-state index in [1.165, 1.54) is 6.92 Å². The zero-order chi connectivity index (χ0) is 9.57. The number of halogens is 1. The molecule has 3 nitrogen and oxygen atoms in total. The van der Waals surface area contributed by atoms with Crippen molar-refractivity contribution in [3.05, 3.63) is 0 Å². The lowest BCUT2D eigenvalue weighted by Gasteiger charge is -2.25. The minimum atomic E-state index is -3.39. The van der Waals surface area contributed by atoms with Gasteiger partial charge in [0, 0.05) is 6.26 Å². The van der Waals surface area contributed by atoms with Crippen LogP contribution >= 0.6 is 11.6 Å². The van der Waals surface area contributed by atoms with Gasteiger partial charge in [0.05, 0.1) is 6.10 Å². The number of rotatable bonds is 3. The molecule has 1 aliphatic carbocycles. The largest absolute Gasteiger partial charge is 0.390 e. The molecular formula is C7H13ClO3S. The SMILES string of the molecule is C[C@@](Cl)([C@@H](O)C1CC1)S(C)(=O)=O. The normalized spacial score (nSPS) is 26.3. The van der Waals surface area contributed by atoms with Crippen molar-refractivity contribution in [1.29, 1.82) is 0 Å². The Balaban J connectivity index is 2.83.